The SMILES string of the molecule is CC(C)Oc1ccc(CNC(=O)CNc2ccc(F)c(Cl)c2)cc1. The molecule has 0 saturated heterocycles. The van der Waals surface area contributed by atoms with Crippen LogP contribution in [0.1, 0.15) is 19.4 Å². The lowest BCUT2D eigenvalue weighted by Crippen LogP contribution is -2.29. The molecule has 2 aromatic rings. The number of hydrogen-bond acceptors (Lipinski definition) is 3. The van der Waals surface area contributed by atoms with Crippen molar-refractivity contribution in [3.63, 3.8) is 0 Å². The first-order valence-corrected chi connectivity index (χ1v) is 8.03. The van der Waals surface area contributed by atoms with E-state index in [2.05, 4.69) is 10.6 Å². The zero-order valence-electron chi connectivity index (χ0n) is 13.6. The predicted octanol–water partition coefficient (Wildman–Crippen LogP) is 3.99. The van der Waals surface area contributed by atoms with Gasteiger partial charge in [-0.05, 0) is 49.7 Å². The number of hydrogen-bond donors (Lipinski definition) is 2. The third-order valence-corrected chi connectivity index (χ3v) is 3.45. The molecule has 24 heavy (non-hydrogen) atoms. The summed E-state index contributed by atoms with van der Waals surface area (Å²) in [5.41, 5.74) is 1.57. The largest absolute Gasteiger partial charge is 0.491 e. The first kappa shape index (κ1) is 18.1. The zero-order chi connectivity index (χ0) is 17.5. The molecule has 0 unspecified atom stereocenters. The van der Waals surface area contributed by atoms with E-state index in [0.717, 1.165) is 11.3 Å². The Morgan fingerprint density at radius 1 is 1.21 bits per heavy atom. The van der Waals surface area contributed by atoms with Crippen molar-refractivity contribution in [3.05, 3.63) is 58.9 Å². The number of rotatable bonds is 7. The zero-order valence-corrected chi connectivity index (χ0v) is 14.4. The lowest BCUT2D eigenvalue weighted by Gasteiger charge is -2.11. The topological polar surface area (TPSA) is 50.4 Å². The van der Waals surface area contributed by atoms with E-state index in [0.29, 0.717) is 12.2 Å². The van der Waals surface area contributed by atoms with Gasteiger partial charge in [0.2, 0.25) is 5.91 Å². The molecule has 6 heteroatoms. The molecular formula is C18H20ClFN2O2. The lowest BCUT2D eigenvalue weighted by molar-refractivity contribution is -0.119. The average molecular weight is 351 g/mol. The van der Waals surface area contributed by atoms with Crippen molar-refractivity contribution < 1.29 is 13.9 Å². The molecule has 0 fully saturated rings. The Morgan fingerprint density at radius 3 is 2.54 bits per heavy atom. The second-order valence-electron chi connectivity index (χ2n) is 5.57. The second kappa shape index (κ2) is 8.55. The van der Waals surface area contributed by atoms with E-state index < -0.39 is 5.82 Å². The van der Waals surface area contributed by atoms with Crippen LogP contribution in [0.4, 0.5) is 10.1 Å². The van der Waals surface area contributed by atoms with E-state index in [1.165, 1.54) is 18.2 Å². The van der Waals surface area contributed by atoms with Crippen LogP contribution in [0.3, 0.4) is 0 Å². The van der Waals surface area contributed by atoms with Gasteiger partial charge in [0.25, 0.3) is 0 Å². The molecule has 0 radical (unpaired) electrons. The molecule has 0 aliphatic rings. The van der Waals surface area contributed by atoms with E-state index in [1.54, 1.807) is 0 Å². The van der Waals surface area contributed by atoms with E-state index in [4.69, 9.17) is 16.3 Å². The van der Waals surface area contributed by atoms with Gasteiger partial charge in [-0.15, -0.1) is 0 Å². The third-order valence-electron chi connectivity index (χ3n) is 3.16. The van der Waals surface area contributed by atoms with Gasteiger partial charge in [0, 0.05) is 12.2 Å². The maximum Gasteiger partial charge on any atom is 0.239 e. The monoisotopic (exact) mass is 350 g/mol. The third kappa shape index (κ3) is 5.74. The van der Waals surface area contributed by atoms with E-state index >= 15 is 0 Å². The maximum atomic E-state index is 13.1. The van der Waals surface area contributed by atoms with Gasteiger partial charge in [-0.25, -0.2) is 4.39 Å². The van der Waals surface area contributed by atoms with Crippen LogP contribution < -0.4 is 15.4 Å². The second-order valence-corrected chi connectivity index (χ2v) is 5.98. The minimum absolute atomic E-state index is 0.0177. The molecule has 2 aromatic carbocycles. The molecule has 1 amide bonds. The Bertz CT molecular complexity index is 690. The summed E-state index contributed by atoms with van der Waals surface area (Å²) >= 11 is 5.69. The molecule has 0 aromatic heterocycles. The van der Waals surface area contributed by atoms with Crippen molar-refractivity contribution >= 4 is 23.2 Å². The van der Waals surface area contributed by atoms with Crippen molar-refractivity contribution in [2.75, 3.05) is 11.9 Å². The fourth-order valence-electron chi connectivity index (χ4n) is 2.01. The number of ether oxygens (including phenoxy) is 1. The Balaban J connectivity index is 1.77. The Labute approximate surface area is 146 Å². The number of benzene rings is 2. The molecule has 0 aliphatic heterocycles. The average Bonchev–Trinajstić information content (AvgIpc) is 2.55. The summed E-state index contributed by atoms with van der Waals surface area (Å²) in [7, 11) is 0. The minimum Gasteiger partial charge on any atom is -0.491 e. The highest BCUT2D eigenvalue weighted by Gasteiger charge is 2.04. The molecular weight excluding hydrogens is 331 g/mol. The highest BCUT2D eigenvalue weighted by Crippen LogP contribution is 2.19. The van der Waals surface area contributed by atoms with Gasteiger partial charge in [-0.3, -0.25) is 4.79 Å². The summed E-state index contributed by atoms with van der Waals surface area (Å²) in [5, 5.41) is 5.72. The smallest absolute Gasteiger partial charge is 0.239 e. The van der Waals surface area contributed by atoms with Gasteiger partial charge >= 0.3 is 0 Å². The molecule has 0 saturated carbocycles. The lowest BCUT2D eigenvalue weighted by atomic mass is 10.2. The van der Waals surface area contributed by atoms with Crippen molar-refractivity contribution in [2.24, 2.45) is 0 Å². The molecule has 128 valence electrons. The van der Waals surface area contributed by atoms with Gasteiger partial charge in [0.15, 0.2) is 0 Å². The normalized spacial score (nSPS) is 10.5. The summed E-state index contributed by atoms with van der Waals surface area (Å²) < 4.78 is 18.6. The Kier molecular flexibility index (Phi) is 6.44. The van der Waals surface area contributed by atoms with Gasteiger partial charge in [0.1, 0.15) is 11.6 Å². The number of carbonyl (C=O) groups excluding carboxylic acids is 1. The number of anilines is 1. The highest BCUT2D eigenvalue weighted by molar-refractivity contribution is 6.31. The molecule has 0 aliphatic carbocycles. The fourth-order valence-corrected chi connectivity index (χ4v) is 2.19. The van der Waals surface area contributed by atoms with Gasteiger partial charge in [-0.2, -0.15) is 0 Å². The van der Waals surface area contributed by atoms with Gasteiger partial charge in [-0.1, -0.05) is 23.7 Å². The summed E-state index contributed by atoms with van der Waals surface area (Å²) in [6.45, 7) is 4.44. The van der Waals surface area contributed by atoms with Crippen molar-refractivity contribution in [1.29, 1.82) is 0 Å². The van der Waals surface area contributed by atoms with Crippen LogP contribution in [-0.4, -0.2) is 18.6 Å². The standard InChI is InChI=1S/C18H20ClFN2O2/c1-12(2)24-15-6-3-13(4-7-15)10-22-18(23)11-21-14-5-8-17(20)16(19)9-14/h3-9,12,21H,10-11H2,1-2H3,(H,22,23). The minimum atomic E-state index is -0.489. The van der Waals surface area contributed by atoms with Gasteiger partial charge in [0.05, 0.1) is 17.7 Å². The first-order valence-electron chi connectivity index (χ1n) is 7.65. The predicted molar refractivity (Wildman–Crippen MR) is 94.0 cm³/mol. The molecule has 0 heterocycles. The van der Waals surface area contributed by atoms with Crippen LogP contribution in [0.2, 0.25) is 5.02 Å². The van der Waals surface area contributed by atoms with Crippen molar-refractivity contribution in [2.45, 2.75) is 26.5 Å². The highest BCUT2D eigenvalue weighted by atomic mass is 35.5. The molecule has 0 bridgehead atoms. The number of halogens is 2. The summed E-state index contributed by atoms with van der Waals surface area (Å²) in [6, 6.07) is 11.8. The van der Waals surface area contributed by atoms with E-state index in [9.17, 15) is 9.18 Å². The van der Waals surface area contributed by atoms with E-state index in [1.807, 2.05) is 38.1 Å². The fraction of sp³-hybridized carbons (Fsp3) is 0.278. The molecule has 4 nitrogen and oxygen atoms in total. The molecule has 0 spiro atoms. The Morgan fingerprint density at radius 2 is 1.92 bits per heavy atom. The van der Waals surface area contributed by atoms with Gasteiger partial charge < -0.3 is 15.4 Å². The molecule has 0 atom stereocenters. The molecule has 2 N–H and O–H groups in total. The van der Waals surface area contributed by atoms with Crippen molar-refractivity contribution in [1.82, 2.24) is 5.32 Å². The van der Waals surface area contributed by atoms with E-state index in [-0.39, 0.29) is 23.6 Å². The summed E-state index contributed by atoms with van der Waals surface area (Å²) in [5.74, 6) is 0.143. The number of carbonyl (C=O) groups is 1. The van der Waals surface area contributed by atoms with Crippen LogP contribution in [0, 0.1) is 5.82 Å². The maximum absolute atomic E-state index is 13.1. The van der Waals surface area contributed by atoms with Crippen LogP contribution >= 0.6 is 11.6 Å². The number of amides is 1. The Hall–Kier alpha value is -2.27. The van der Waals surface area contributed by atoms with Crippen LogP contribution in [0.25, 0.3) is 0 Å². The van der Waals surface area contributed by atoms with Crippen molar-refractivity contribution in [3.8, 4) is 5.75 Å². The number of nitrogens with one attached hydrogen (secondary N) is 2. The van der Waals surface area contributed by atoms with Crippen LogP contribution in [0.5, 0.6) is 5.75 Å². The quantitative estimate of drug-likeness (QED) is 0.793. The molecule has 2 rings (SSSR count). The van der Waals surface area contributed by atoms with Crippen LogP contribution in [-0.2, 0) is 11.3 Å². The first-order chi connectivity index (χ1) is 11.4. The van der Waals surface area contributed by atoms with Crippen LogP contribution in [0.15, 0.2) is 42.5 Å². The summed E-state index contributed by atoms with van der Waals surface area (Å²) in [6.07, 6.45) is 0.126. The summed E-state index contributed by atoms with van der Waals surface area (Å²) in [4.78, 5) is 11.8.